The summed E-state index contributed by atoms with van der Waals surface area (Å²) in [6, 6.07) is 12.4. The molecule has 0 aliphatic heterocycles. The maximum absolute atomic E-state index is 12.2. The van der Waals surface area contributed by atoms with E-state index in [-0.39, 0.29) is 18.1 Å². The molecule has 0 saturated carbocycles. The average molecular weight is 381 g/mol. The van der Waals surface area contributed by atoms with Gasteiger partial charge in [0.15, 0.2) is 0 Å². The van der Waals surface area contributed by atoms with E-state index in [1.165, 1.54) is 6.07 Å². The molecule has 0 unspecified atom stereocenters. The van der Waals surface area contributed by atoms with Crippen molar-refractivity contribution >= 4 is 16.9 Å². The zero-order chi connectivity index (χ0) is 20.1. The monoisotopic (exact) mass is 381 g/mol. The molecule has 0 aliphatic rings. The number of methoxy groups -OCH3 is 1. The largest absolute Gasteiger partial charge is 0.508 e. The second-order valence-electron chi connectivity index (χ2n) is 6.63. The summed E-state index contributed by atoms with van der Waals surface area (Å²) in [4.78, 5) is 24.4. The molecule has 0 radical (unpaired) electrons. The fourth-order valence-electron chi connectivity index (χ4n) is 3.17. The molecule has 6 nitrogen and oxygen atoms in total. The molecule has 1 aromatic heterocycles. The van der Waals surface area contributed by atoms with Crippen molar-refractivity contribution in [3.05, 3.63) is 69.6 Å². The van der Waals surface area contributed by atoms with Crippen LogP contribution in [0, 0.1) is 6.92 Å². The van der Waals surface area contributed by atoms with Crippen LogP contribution in [0.5, 0.6) is 11.5 Å². The number of amides is 1. The number of phenols is 1. The highest BCUT2D eigenvalue weighted by Crippen LogP contribution is 2.23. The summed E-state index contributed by atoms with van der Waals surface area (Å²) in [5.41, 5.74) is 2.21. The number of fused-ring (bicyclic) bond motifs is 1. The normalized spacial score (nSPS) is 10.8. The molecule has 6 heteroatoms. The van der Waals surface area contributed by atoms with Gasteiger partial charge in [0.1, 0.15) is 17.1 Å². The number of aromatic hydroxyl groups is 1. The number of ether oxygens (including phenoxy) is 1. The Morgan fingerprint density at radius 3 is 2.79 bits per heavy atom. The standard InChI is InChI=1S/C22H23NO5/c1-14-18-7-6-16(24)13-20(18)28-22(26)19(14)8-9-21(25)23-11-10-15-4-3-5-17(12-15)27-2/h3-7,12-13,24H,8-11H2,1-2H3,(H,23,25). The zero-order valence-corrected chi connectivity index (χ0v) is 16.0. The van der Waals surface area contributed by atoms with Crippen LogP contribution in [0.3, 0.4) is 0 Å². The second kappa shape index (κ2) is 8.61. The Balaban J connectivity index is 1.58. The van der Waals surface area contributed by atoms with Gasteiger partial charge in [-0.3, -0.25) is 4.79 Å². The quantitative estimate of drug-likeness (QED) is 0.614. The maximum atomic E-state index is 12.2. The van der Waals surface area contributed by atoms with Gasteiger partial charge < -0.3 is 19.6 Å². The first kappa shape index (κ1) is 19.5. The van der Waals surface area contributed by atoms with E-state index >= 15 is 0 Å². The van der Waals surface area contributed by atoms with Crippen LogP contribution in [0.2, 0.25) is 0 Å². The lowest BCUT2D eigenvalue weighted by Crippen LogP contribution is -2.26. The van der Waals surface area contributed by atoms with Gasteiger partial charge in [0.2, 0.25) is 5.91 Å². The van der Waals surface area contributed by atoms with Crippen molar-refractivity contribution in [2.75, 3.05) is 13.7 Å². The Bertz CT molecular complexity index is 1050. The number of benzene rings is 2. The number of phenolic OH excluding ortho intramolecular Hbond substituents is 1. The molecule has 0 fully saturated rings. The van der Waals surface area contributed by atoms with Crippen molar-refractivity contribution < 1.29 is 19.1 Å². The highest BCUT2D eigenvalue weighted by molar-refractivity contribution is 5.82. The lowest BCUT2D eigenvalue weighted by Gasteiger charge is -2.09. The fourth-order valence-corrected chi connectivity index (χ4v) is 3.17. The van der Waals surface area contributed by atoms with Gasteiger partial charge in [-0.25, -0.2) is 4.79 Å². The van der Waals surface area contributed by atoms with Crippen molar-refractivity contribution in [3.8, 4) is 11.5 Å². The molecule has 0 atom stereocenters. The average Bonchev–Trinajstić information content (AvgIpc) is 2.67. The van der Waals surface area contributed by atoms with Gasteiger partial charge in [0, 0.05) is 30.0 Å². The third kappa shape index (κ3) is 4.52. The van der Waals surface area contributed by atoms with Crippen LogP contribution in [-0.2, 0) is 17.6 Å². The molecule has 0 bridgehead atoms. The van der Waals surface area contributed by atoms with Gasteiger partial charge in [-0.15, -0.1) is 0 Å². The summed E-state index contributed by atoms with van der Waals surface area (Å²) >= 11 is 0. The topological polar surface area (TPSA) is 88.8 Å². The van der Waals surface area contributed by atoms with Gasteiger partial charge in [0.25, 0.3) is 0 Å². The Morgan fingerprint density at radius 1 is 1.18 bits per heavy atom. The molecule has 2 N–H and O–H groups in total. The molecule has 3 aromatic rings. The van der Waals surface area contributed by atoms with E-state index in [0.29, 0.717) is 30.5 Å². The van der Waals surface area contributed by atoms with Crippen molar-refractivity contribution in [1.82, 2.24) is 5.32 Å². The highest BCUT2D eigenvalue weighted by Gasteiger charge is 2.13. The minimum absolute atomic E-state index is 0.0400. The lowest BCUT2D eigenvalue weighted by atomic mass is 10.0. The molecule has 146 valence electrons. The molecule has 2 aromatic carbocycles. The van der Waals surface area contributed by atoms with Gasteiger partial charge >= 0.3 is 5.63 Å². The molecular formula is C22H23NO5. The first-order chi connectivity index (χ1) is 13.5. The Kier molecular flexibility index (Phi) is 5.99. The Morgan fingerprint density at radius 2 is 2.00 bits per heavy atom. The predicted molar refractivity (Wildman–Crippen MR) is 107 cm³/mol. The maximum Gasteiger partial charge on any atom is 0.339 e. The zero-order valence-electron chi connectivity index (χ0n) is 16.0. The summed E-state index contributed by atoms with van der Waals surface area (Å²) in [7, 11) is 1.62. The number of aryl methyl sites for hydroxylation is 1. The molecule has 1 amide bonds. The van der Waals surface area contributed by atoms with Crippen LogP contribution in [0.15, 0.2) is 51.7 Å². The number of nitrogens with one attached hydrogen (secondary N) is 1. The third-order valence-electron chi connectivity index (χ3n) is 4.74. The predicted octanol–water partition coefficient (Wildman–Crippen LogP) is 3.11. The van der Waals surface area contributed by atoms with E-state index in [2.05, 4.69) is 5.32 Å². The van der Waals surface area contributed by atoms with Crippen molar-refractivity contribution in [2.45, 2.75) is 26.2 Å². The number of rotatable bonds is 7. The first-order valence-corrected chi connectivity index (χ1v) is 9.13. The summed E-state index contributed by atoms with van der Waals surface area (Å²) in [5, 5.41) is 13.2. The summed E-state index contributed by atoms with van der Waals surface area (Å²) in [5.74, 6) is 0.710. The Labute approximate surface area is 162 Å². The van der Waals surface area contributed by atoms with Crippen LogP contribution in [0.25, 0.3) is 11.0 Å². The molecule has 0 saturated heterocycles. The minimum Gasteiger partial charge on any atom is -0.508 e. The van der Waals surface area contributed by atoms with Crippen molar-refractivity contribution in [1.29, 1.82) is 0 Å². The first-order valence-electron chi connectivity index (χ1n) is 9.13. The molecule has 0 aliphatic carbocycles. The van der Waals surface area contributed by atoms with Crippen LogP contribution >= 0.6 is 0 Å². The number of hydrogen-bond acceptors (Lipinski definition) is 5. The van der Waals surface area contributed by atoms with Crippen molar-refractivity contribution in [2.24, 2.45) is 0 Å². The van der Waals surface area contributed by atoms with Crippen LogP contribution in [-0.4, -0.2) is 24.7 Å². The van der Waals surface area contributed by atoms with Crippen molar-refractivity contribution in [3.63, 3.8) is 0 Å². The number of carbonyl (C=O) groups is 1. The van der Waals surface area contributed by atoms with E-state index < -0.39 is 5.63 Å². The van der Waals surface area contributed by atoms with E-state index in [1.54, 1.807) is 19.2 Å². The molecule has 1 heterocycles. The lowest BCUT2D eigenvalue weighted by molar-refractivity contribution is -0.121. The second-order valence-corrected chi connectivity index (χ2v) is 6.63. The van der Waals surface area contributed by atoms with Crippen LogP contribution < -0.4 is 15.7 Å². The van der Waals surface area contributed by atoms with Crippen LogP contribution in [0.4, 0.5) is 0 Å². The molecular weight excluding hydrogens is 358 g/mol. The van der Waals surface area contributed by atoms with E-state index in [4.69, 9.17) is 9.15 Å². The van der Waals surface area contributed by atoms with Gasteiger partial charge in [-0.1, -0.05) is 12.1 Å². The summed E-state index contributed by atoms with van der Waals surface area (Å²) < 4.78 is 10.5. The third-order valence-corrected chi connectivity index (χ3v) is 4.74. The summed E-state index contributed by atoms with van der Waals surface area (Å²) in [6.07, 6.45) is 1.20. The van der Waals surface area contributed by atoms with Gasteiger partial charge in [-0.05, 0) is 55.2 Å². The van der Waals surface area contributed by atoms with Crippen LogP contribution in [0.1, 0.15) is 23.1 Å². The number of carbonyl (C=O) groups excluding carboxylic acids is 1. The van der Waals surface area contributed by atoms with Gasteiger partial charge in [0.05, 0.1) is 7.11 Å². The molecule has 0 spiro atoms. The fraction of sp³-hybridized carbons (Fsp3) is 0.273. The van der Waals surface area contributed by atoms with Gasteiger partial charge in [-0.2, -0.15) is 0 Å². The summed E-state index contributed by atoms with van der Waals surface area (Å²) in [6.45, 7) is 2.34. The minimum atomic E-state index is -0.472. The number of hydrogen-bond donors (Lipinski definition) is 2. The Hall–Kier alpha value is -3.28. The highest BCUT2D eigenvalue weighted by atomic mass is 16.5. The van der Waals surface area contributed by atoms with E-state index in [1.807, 2.05) is 31.2 Å². The smallest absolute Gasteiger partial charge is 0.339 e. The molecule has 3 rings (SSSR count). The van der Waals surface area contributed by atoms with E-state index in [9.17, 15) is 14.7 Å². The van der Waals surface area contributed by atoms with E-state index in [0.717, 1.165) is 22.3 Å². The SMILES string of the molecule is COc1cccc(CCNC(=O)CCc2c(C)c3ccc(O)cc3oc2=O)c1. The molecule has 28 heavy (non-hydrogen) atoms.